The third-order valence-electron chi connectivity index (χ3n) is 3.65. The highest BCUT2D eigenvalue weighted by Crippen LogP contribution is 2.36. The van der Waals surface area contributed by atoms with E-state index in [1.54, 1.807) is 20.3 Å². The van der Waals surface area contributed by atoms with Crippen LogP contribution in [0.15, 0.2) is 18.2 Å². The van der Waals surface area contributed by atoms with Gasteiger partial charge in [0.25, 0.3) is 0 Å². The lowest BCUT2D eigenvalue weighted by Gasteiger charge is -2.19. The zero-order valence-corrected chi connectivity index (χ0v) is 13.4. The first-order valence-corrected chi connectivity index (χ1v) is 7.25. The van der Waals surface area contributed by atoms with Gasteiger partial charge in [-0.1, -0.05) is 23.7 Å². The molecule has 2 N–H and O–H groups in total. The first-order valence-electron chi connectivity index (χ1n) is 6.87. The van der Waals surface area contributed by atoms with Crippen molar-refractivity contribution < 1.29 is 14.3 Å². The topological polar surface area (TPSA) is 90.6 Å². The zero-order chi connectivity index (χ0) is 16.6. The molecule has 0 aliphatic carbocycles. The van der Waals surface area contributed by atoms with E-state index in [9.17, 15) is 4.79 Å². The van der Waals surface area contributed by atoms with Gasteiger partial charge in [-0.25, -0.2) is 4.98 Å². The van der Waals surface area contributed by atoms with Gasteiger partial charge in [0.15, 0.2) is 11.5 Å². The Balaban J connectivity index is 2.01. The molecular weight excluding hydrogens is 320 g/mol. The van der Waals surface area contributed by atoms with Crippen LogP contribution in [0.3, 0.4) is 0 Å². The van der Waals surface area contributed by atoms with Gasteiger partial charge in [-0.15, -0.1) is 0 Å². The smallest absolute Gasteiger partial charge is 0.233 e. The van der Waals surface area contributed by atoms with Crippen molar-refractivity contribution in [3.63, 3.8) is 0 Å². The quantitative estimate of drug-likeness (QED) is 0.858. The summed E-state index contributed by atoms with van der Waals surface area (Å²) in [5.41, 5.74) is 7.03. The Morgan fingerprint density at radius 1 is 1.30 bits per heavy atom. The van der Waals surface area contributed by atoms with Crippen LogP contribution in [0, 0.1) is 0 Å². The van der Waals surface area contributed by atoms with Crippen LogP contribution in [0.1, 0.15) is 11.1 Å². The molecule has 1 aliphatic heterocycles. The molecule has 23 heavy (non-hydrogen) atoms. The Kier molecular flexibility index (Phi) is 3.96. The molecule has 2 aromatic rings. The maximum Gasteiger partial charge on any atom is 0.233 e. The lowest BCUT2D eigenvalue weighted by atomic mass is 10.1. The number of nitrogens with zero attached hydrogens (tertiary/aromatic N) is 3. The number of benzene rings is 1. The van der Waals surface area contributed by atoms with Gasteiger partial charge >= 0.3 is 0 Å². The molecule has 0 fully saturated rings. The van der Waals surface area contributed by atoms with Crippen molar-refractivity contribution in [3.05, 3.63) is 34.5 Å². The van der Waals surface area contributed by atoms with E-state index in [4.69, 9.17) is 26.8 Å². The van der Waals surface area contributed by atoms with Gasteiger partial charge < -0.3 is 15.2 Å². The van der Waals surface area contributed by atoms with Crippen molar-refractivity contribution in [2.75, 3.05) is 24.9 Å². The number of nitrogen functional groups attached to an aromatic ring is 1. The summed E-state index contributed by atoms with van der Waals surface area (Å²) in [4.78, 5) is 21.9. The van der Waals surface area contributed by atoms with Gasteiger partial charge in [-0.05, 0) is 6.07 Å². The Hall–Kier alpha value is -2.54. The fraction of sp³-hybridized carbons (Fsp3) is 0.267. The van der Waals surface area contributed by atoms with Crippen LogP contribution in [0.25, 0.3) is 0 Å². The molecule has 0 radical (unpaired) electrons. The number of para-hydroxylation sites is 1. The summed E-state index contributed by atoms with van der Waals surface area (Å²) in [7, 11) is 3.11. The molecule has 1 aliphatic rings. The highest BCUT2D eigenvalue weighted by atomic mass is 35.5. The van der Waals surface area contributed by atoms with E-state index in [0.717, 1.165) is 5.56 Å². The average Bonchev–Trinajstić information content (AvgIpc) is 2.84. The molecule has 0 atom stereocenters. The summed E-state index contributed by atoms with van der Waals surface area (Å²) in [6.07, 6.45) is 0.154. The van der Waals surface area contributed by atoms with Crippen LogP contribution in [-0.2, 0) is 17.8 Å². The van der Waals surface area contributed by atoms with E-state index < -0.39 is 0 Å². The number of amides is 1. The predicted molar refractivity (Wildman–Crippen MR) is 85.9 cm³/mol. The second kappa shape index (κ2) is 5.92. The highest BCUT2D eigenvalue weighted by Gasteiger charge is 2.32. The first-order chi connectivity index (χ1) is 11.0. The number of hydrogen-bond acceptors (Lipinski definition) is 6. The van der Waals surface area contributed by atoms with Crippen LogP contribution in [0.2, 0.25) is 5.15 Å². The van der Waals surface area contributed by atoms with E-state index in [-0.39, 0.29) is 30.0 Å². The van der Waals surface area contributed by atoms with Crippen molar-refractivity contribution in [1.29, 1.82) is 0 Å². The lowest BCUT2D eigenvalue weighted by molar-refractivity contribution is -0.117. The number of fused-ring (bicyclic) bond motifs is 1. The standard InChI is InChI=1S/C15H15ClN4O3/c1-22-10-5-3-4-8(12(10)23-2)7-20-11(21)6-9-13(16)18-15(17)19-14(9)20/h3-5H,6-7H2,1-2H3,(H2,17,18,19). The Morgan fingerprint density at radius 3 is 2.78 bits per heavy atom. The fourth-order valence-electron chi connectivity index (χ4n) is 2.61. The molecule has 0 saturated heterocycles. The molecule has 2 heterocycles. The van der Waals surface area contributed by atoms with Gasteiger partial charge in [0.1, 0.15) is 11.0 Å². The van der Waals surface area contributed by atoms with Crippen molar-refractivity contribution >= 4 is 29.3 Å². The van der Waals surface area contributed by atoms with Gasteiger partial charge in [0.2, 0.25) is 11.9 Å². The molecule has 7 nitrogen and oxygen atoms in total. The summed E-state index contributed by atoms with van der Waals surface area (Å²) in [5.74, 6) is 1.52. The maximum absolute atomic E-state index is 12.3. The third kappa shape index (κ3) is 2.63. The molecular formula is C15H15ClN4O3. The van der Waals surface area contributed by atoms with Crippen molar-refractivity contribution in [3.8, 4) is 11.5 Å². The average molecular weight is 335 g/mol. The van der Waals surface area contributed by atoms with Gasteiger partial charge in [0, 0.05) is 11.1 Å². The largest absolute Gasteiger partial charge is 0.493 e. The molecule has 1 amide bonds. The molecule has 3 rings (SSSR count). The summed E-state index contributed by atoms with van der Waals surface area (Å²) >= 11 is 6.06. The van der Waals surface area contributed by atoms with Gasteiger partial charge in [-0.3, -0.25) is 9.69 Å². The zero-order valence-electron chi connectivity index (χ0n) is 12.7. The third-order valence-corrected chi connectivity index (χ3v) is 3.96. The molecule has 1 aromatic heterocycles. The van der Waals surface area contributed by atoms with E-state index in [1.165, 1.54) is 4.90 Å². The summed E-state index contributed by atoms with van der Waals surface area (Å²) in [6.45, 7) is 0.277. The van der Waals surface area contributed by atoms with E-state index in [1.807, 2.05) is 12.1 Å². The number of rotatable bonds is 4. The van der Waals surface area contributed by atoms with Crippen molar-refractivity contribution in [2.24, 2.45) is 0 Å². The van der Waals surface area contributed by atoms with E-state index >= 15 is 0 Å². The molecule has 0 spiro atoms. The van der Waals surface area contributed by atoms with Gasteiger partial charge in [0.05, 0.1) is 27.2 Å². The Morgan fingerprint density at radius 2 is 2.09 bits per heavy atom. The molecule has 0 bridgehead atoms. The van der Waals surface area contributed by atoms with Crippen LogP contribution >= 0.6 is 11.6 Å². The van der Waals surface area contributed by atoms with E-state index in [2.05, 4.69) is 9.97 Å². The number of methoxy groups -OCH3 is 2. The number of carbonyl (C=O) groups excluding carboxylic acids is 1. The van der Waals surface area contributed by atoms with Crippen molar-refractivity contribution in [1.82, 2.24) is 9.97 Å². The summed E-state index contributed by atoms with van der Waals surface area (Å²) in [5, 5.41) is 0.209. The first kappa shape index (κ1) is 15.4. The number of aromatic nitrogens is 2. The molecule has 8 heteroatoms. The normalized spacial score (nSPS) is 13.2. The van der Waals surface area contributed by atoms with Crippen LogP contribution in [-0.4, -0.2) is 30.1 Å². The predicted octanol–water partition coefficient (Wildman–Crippen LogP) is 1.82. The molecule has 0 unspecified atom stereocenters. The molecule has 0 saturated carbocycles. The highest BCUT2D eigenvalue weighted by molar-refractivity contribution is 6.31. The monoisotopic (exact) mass is 334 g/mol. The minimum atomic E-state index is -0.119. The van der Waals surface area contributed by atoms with E-state index in [0.29, 0.717) is 22.9 Å². The summed E-state index contributed by atoms with van der Waals surface area (Å²) < 4.78 is 10.7. The van der Waals surface area contributed by atoms with Gasteiger partial charge in [-0.2, -0.15) is 4.98 Å². The summed E-state index contributed by atoms with van der Waals surface area (Å²) in [6, 6.07) is 5.48. The minimum Gasteiger partial charge on any atom is -0.493 e. The fourth-order valence-corrected chi connectivity index (χ4v) is 2.85. The lowest BCUT2D eigenvalue weighted by Crippen LogP contribution is -2.27. The molecule has 120 valence electrons. The number of nitrogens with two attached hydrogens (primary N) is 1. The number of hydrogen-bond donors (Lipinski definition) is 1. The Bertz CT molecular complexity index is 782. The molecule has 1 aromatic carbocycles. The Labute approximate surface area is 138 Å². The number of halogens is 1. The SMILES string of the molecule is COc1cccc(CN2C(=O)Cc3c(Cl)nc(N)nc32)c1OC. The number of anilines is 2. The van der Waals surface area contributed by atoms with Crippen LogP contribution in [0.4, 0.5) is 11.8 Å². The minimum absolute atomic E-state index is 0.0334. The van der Waals surface area contributed by atoms with Crippen LogP contribution < -0.4 is 20.1 Å². The second-order valence-electron chi connectivity index (χ2n) is 4.98. The number of carbonyl (C=O) groups is 1. The number of ether oxygens (including phenoxy) is 2. The maximum atomic E-state index is 12.3. The second-order valence-corrected chi connectivity index (χ2v) is 5.34. The van der Waals surface area contributed by atoms with Crippen molar-refractivity contribution in [2.45, 2.75) is 13.0 Å². The van der Waals surface area contributed by atoms with Crippen LogP contribution in [0.5, 0.6) is 11.5 Å².